The third kappa shape index (κ3) is 6.01. The van der Waals surface area contributed by atoms with E-state index in [9.17, 15) is 4.79 Å². The van der Waals surface area contributed by atoms with Crippen LogP contribution in [0.4, 0.5) is 0 Å². The van der Waals surface area contributed by atoms with E-state index in [1.807, 2.05) is 25.2 Å². The van der Waals surface area contributed by atoms with Gasteiger partial charge in [-0.1, -0.05) is 6.07 Å². The van der Waals surface area contributed by atoms with Crippen LogP contribution in [0.1, 0.15) is 12.1 Å². The minimum Gasteiger partial charge on any atom is -0.384 e. The molecule has 1 unspecified atom stereocenters. The Balaban J connectivity index is 1.74. The molecule has 1 fully saturated rings. The van der Waals surface area contributed by atoms with Gasteiger partial charge in [-0.15, -0.1) is 0 Å². The molecule has 0 bridgehead atoms. The summed E-state index contributed by atoms with van der Waals surface area (Å²) >= 11 is 0. The molecule has 25 heavy (non-hydrogen) atoms. The van der Waals surface area contributed by atoms with E-state index in [1.54, 1.807) is 25.3 Å². The summed E-state index contributed by atoms with van der Waals surface area (Å²) in [4.78, 5) is 24.8. The number of aromatic nitrogens is 1. The summed E-state index contributed by atoms with van der Waals surface area (Å²) in [5.74, 6) is 1.36. The fourth-order valence-corrected chi connectivity index (χ4v) is 2.97. The van der Waals surface area contributed by atoms with Crippen molar-refractivity contribution in [3.63, 3.8) is 0 Å². The van der Waals surface area contributed by atoms with Crippen molar-refractivity contribution in [1.82, 2.24) is 20.1 Å². The molecule has 1 amide bonds. The highest BCUT2D eigenvalue weighted by molar-refractivity contribution is 5.86. The second kappa shape index (κ2) is 9.98. The van der Waals surface area contributed by atoms with Crippen molar-refractivity contribution >= 4 is 11.9 Å². The standard InChI is InChI=1S/C18H29N5O2/c1-19-18(23-11-7-15(13-23)14-25-3)21-12-17(24)22(2)10-8-16-6-4-5-9-20-16/h4-6,9,15H,7-8,10-14H2,1-3H3,(H,19,21). The number of carbonyl (C=O) groups is 1. The molecule has 1 aliphatic rings. The fraction of sp³-hybridized carbons (Fsp3) is 0.611. The maximum atomic E-state index is 12.3. The third-order valence-electron chi connectivity index (χ3n) is 4.45. The molecular formula is C18H29N5O2. The minimum absolute atomic E-state index is 0.0460. The zero-order valence-electron chi connectivity index (χ0n) is 15.4. The van der Waals surface area contributed by atoms with Crippen molar-refractivity contribution in [3.8, 4) is 0 Å². The Hall–Kier alpha value is -2.15. The number of amides is 1. The summed E-state index contributed by atoms with van der Waals surface area (Å²) in [6.45, 7) is 3.52. The van der Waals surface area contributed by atoms with E-state index in [0.29, 0.717) is 12.5 Å². The lowest BCUT2D eigenvalue weighted by Gasteiger charge is -2.23. The smallest absolute Gasteiger partial charge is 0.241 e. The van der Waals surface area contributed by atoms with Crippen LogP contribution >= 0.6 is 0 Å². The van der Waals surface area contributed by atoms with Gasteiger partial charge in [0, 0.05) is 65.1 Å². The number of hydrogen-bond acceptors (Lipinski definition) is 4. The van der Waals surface area contributed by atoms with Crippen LogP contribution in [-0.2, 0) is 16.0 Å². The number of likely N-dealkylation sites (tertiary alicyclic amines) is 1. The highest BCUT2D eigenvalue weighted by Crippen LogP contribution is 2.16. The molecule has 1 aliphatic heterocycles. The summed E-state index contributed by atoms with van der Waals surface area (Å²) < 4.78 is 5.23. The van der Waals surface area contributed by atoms with Crippen LogP contribution in [0, 0.1) is 5.92 Å². The van der Waals surface area contributed by atoms with E-state index in [2.05, 4.69) is 20.2 Å². The van der Waals surface area contributed by atoms with Gasteiger partial charge in [0.25, 0.3) is 0 Å². The van der Waals surface area contributed by atoms with Crippen molar-refractivity contribution in [2.75, 3.05) is 54.0 Å². The predicted octanol–water partition coefficient (Wildman–Crippen LogP) is 0.626. The summed E-state index contributed by atoms with van der Waals surface area (Å²) in [5.41, 5.74) is 0.993. The molecule has 0 saturated carbocycles. The van der Waals surface area contributed by atoms with Gasteiger partial charge in [-0.25, -0.2) is 0 Å². The average Bonchev–Trinajstić information content (AvgIpc) is 3.09. The highest BCUT2D eigenvalue weighted by Gasteiger charge is 2.25. The topological polar surface area (TPSA) is 70.1 Å². The third-order valence-corrected chi connectivity index (χ3v) is 4.45. The van der Waals surface area contributed by atoms with E-state index in [4.69, 9.17) is 4.74 Å². The molecule has 0 aliphatic carbocycles. The number of nitrogens with zero attached hydrogens (tertiary/aromatic N) is 4. The Labute approximate surface area is 150 Å². The molecule has 1 atom stereocenters. The number of ether oxygens (including phenoxy) is 1. The number of pyridine rings is 1. The van der Waals surface area contributed by atoms with Crippen LogP contribution in [0.5, 0.6) is 0 Å². The Morgan fingerprint density at radius 3 is 3.04 bits per heavy atom. The molecule has 0 spiro atoms. The lowest BCUT2D eigenvalue weighted by atomic mass is 10.1. The van der Waals surface area contributed by atoms with Crippen LogP contribution in [0.25, 0.3) is 0 Å². The number of nitrogens with one attached hydrogen (secondary N) is 1. The number of aliphatic imine (C=N–C) groups is 1. The number of hydrogen-bond donors (Lipinski definition) is 1. The molecule has 0 radical (unpaired) electrons. The van der Waals surface area contributed by atoms with Gasteiger partial charge in [-0.3, -0.25) is 14.8 Å². The summed E-state index contributed by atoms with van der Waals surface area (Å²) in [5, 5.41) is 3.18. The van der Waals surface area contributed by atoms with Gasteiger partial charge >= 0.3 is 0 Å². The van der Waals surface area contributed by atoms with E-state index < -0.39 is 0 Å². The second-order valence-corrected chi connectivity index (χ2v) is 6.34. The molecule has 2 heterocycles. The lowest BCUT2D eigenvalue weighted by molar-refractivity contribution is -0.128. The zero-order valence-corrected chi connectivity index (χ0v) is 15.4. The van der Waals surface area contributed by atoms with Crippen LogP contribution in [0.3, 0.4) is 0 Å². The first-order valence-corrected chi connectivity index (χ1v) is 8.72. The van der Waals surface area contributed by atoms with Gasteiger partial charge in [0.2, 0.25) is 5.91 Å². The number of rotatable bonds is 7. The predicted molar refractivity (Wildman–Crippen MR) is 98.5 cm³/mol. The van der Waals surface area contributed by atoms with Crippen LogP contribution in [0.2, 0.25) is 0 Å². The van der Waals surface area contributed by atoms with Gasteiger partial charge in [0.15, 0.2) is 5.96 Å². The molecule has 138 valence electrons. The fourth-order valence-electron chi connectivity index (χ4n) is 2.97. The van der Waals surface area contributed by atoms with E-state index >= 15 is 0 Å². The minimum atomic E-state index is 0.0460. The lowest BCUT2D eigenvalue weighted by Crippen LogP contribution is -2.45. The second-order valence-electron chi connectivity index (χ2n) is 6.34. The molecular weight excluding hydrogens is 318 g/mol. The summed E-state index contributed by atoms with van der Waals surface area (Å²) in [6.07, 6.45) is 3.62. The van der Waals surface area contributed by atoms with Gasteiger partial charge in [0.05, 0.1) is 13.2 Å². The van der Waals surface area contributed by atoms with Crippen molar-refractivity contribution in [2.45, 2.75) is 12.8 Å². The van der Waals surface area contributed by atoms with Crippen molar-refractivity contribution < 1.29 is 9.53 Å². The first-order valence-electron chi connectivity index (χ1n) is 8.72. The quantitative estimate of drug-likeness (QED) is 0.579. The normalized spacial score (nSPS) is 17.6. The molecule has 1 aromatic rings. The Morgan fingerprint density at radius 1 is 1.52 bits per heavy atom. The number of likely N-dealkylation sites (N-methyl/N-ethyl adjacent to an activating group) is 1. The monoisotopic (exact) mass is 347 g/mol. The Morgan fingerprint density at radius 2 is 2.36 bits per heavy atom. The molecule has 1 N–H and O–H groups in total. The van der Waals surface area contributed by atoms with Gasteiger partial charge in [-0.2, -0.15) is 0 Å². The SMILES string of the molecule is CN=C(NCC(=O)N(C)CCc1ccccn1)N1CCC(COC)C1. The van der Waals surface area contributed by atoms with Crippen LogP contribution in [0.15, 0.2) is 29.4 Å². The van der Waals surface area contributed by atoms with Crippen LogP contribution < -0.4 is 5.32 Å². The summed E-state index contributed by atoms with van der Waals surface area (Å²) in [7, 11) is 5.30. The van der Waals surface area contributed by atoms with E-state index in [1.165, 1.54) is 0 Å². The van der Waals surface area contributed by atoms with Gasteiger partial charge in [-0.05, 0) is 18.6 Å². The van der Waals surface area contributed by atoms with Crippen molar-refractivity contribution in [2.24, 2.45) is 10.9 Å². The zero-order chi connectivity index (χ0) is 18.1. The number of carbonyl (C=O) groups excluding carboxylic acids is 1. The van der Waals surface area contributed by atoms with E-state index in [0.717, 1.165) is 44.2 Å². The van der Waals surface area contributed by atoms with Crippen molar-refractivity contribution in [3.05, 3.63) is 30.1 Å². The Bertz CT molecular complexity index is 564. The molecule has 1 aromatic heterocycles. The molecule has 2 rings (SSSR count). The number of guanidine groups is 1. The summed E-state index contributed by atoms with van der Waals surface area (Å²) in [6, 6.07) is 5.83. The first-order chi connectivity index (χ1) is 12.1. The molecule has 7 nitrogen and oxygen atoms in total. The maximum absolute atomic E-state index is 12.3. The molecule has 7 heteroatoms. The van der Waals surface area contributed by atoms with Gasteiger partial charge in [0.1, 0.15) is 0 Å². The maximum Gasteiger partial charge on any atom is 0.241 e. The van der Waals surface area contributed by atoms with Crippen molar-refractivity contribution in [1.29, 1.82) is 0 Å². The molecule has 1 saturated heterocycles. The highest BCUT2D eigenvalue weighted by atomic mass is 16.5. The van der Waals surface area contributed by atoms with E-state index in [-0.39, 0.29) is 12.5 Å². The first kappa shape index (κ1) is 19.2. The van der Waals surface area contributed by atoms with Crippen LogP contribution in [-0.4, -0.2) is 80.6 Å². The Kier molecular flexibility index (Phi) is 7.66. The molecule has 0 aromatic carbocycles. The number of methoxy groups -OCH3 is 1. The average molecular weight is 347 g/mol. The van der Waals surface area contributed by atoms with Gasteiger partial charge < -0.3 is 19.9 Å². The largest absolute Gasteiger partial charge is 0.384 e.